The summed E-state index contributed by atoms with van der Waals surface area (Å²) in [6, 6.07) is 6.49. The van der Waals surface area contributed by atoms with E-state index >= 15 is 0 Å². The number of allylic oxidation sites excluding steroid dienone is 1. The van der Waals surface area contributed by atoms with Crippen LogP contribution in [0.15, 0.2) is 30.5 Å². The van der Waals surface area contributed by atoms with Crippen molar-refractivity contribution in [2.24, 2.45) is 0 Å². The van der Waals surface area contributed by atoms with E-state index in [0.717, 1.165) is 38.2 Å². The highest BCUT2D eigenvalue weighted by molar-refractivity contribution is 5.62. The van der Waals surface area contributed by atoms with Crippen LogP contribution in [-0.2, 0) is 6.42 Å². The maximum Gasteiger partial charge on any atom is 0.121 e. The Morgan fingerprint density at radius 3 is 2.79 bits per heavy atom. The van der Waals surface area contributed by atoms with Gasteiger partial charge in [-0.1, -0.05) is 32.4 Å². The summed E-state index contributed by atoms with van der Waals surface area (Å²) in [5.41, 5.74) is 3.92. The van der Waals surface area contributed by atoms with Gasteiger partial charge in [0, 0.05) is 24.0 Å². The van der Waals surface area contributed by atoms with Crippen molar-refractivity contribution in [2.45, 2.75) is 46.0 Å². The molecular weight excluding hydrogens is 234 g/mol. The Morgan fingerprint density at radius 1 is 1.21 bits per heavy atom. The van der Waals surface area contributed by atoms with Crippen LogP contribution in [-0.4, -0.2) is 13.2 Å². The smallest absolute Gasteiger partial charge is 0.121 e. The lowest BCUT2D eigenvalue weighted by molar-refractivity contribution is 0.306. The van der Waals surface area contributed by atoms with Crippen molar-refractivity contribution in [3.8, 4) is 5.75 Å². The molecule has 1 aliphatic rings. The molecule has 0 aliphatic carbocycles. The van der Waals surface area contributed by atoms with Gasteiger partial charge in [-0.2, -0.15) is 0 Å². The monoisotopic (exact) mass is 259 g/mol. The first-order valence-electron chi connectivity index (χ1n) is 7.47. The summed E-state index contributed by atoms with van der Waals surface area (Å²) in [5, 5.41) is 0. The molecule has 1 heterocycles. The molecule has 0 atom stereocenters. The lowest BCUT2D eigenvalue weighted by Gasteiger charge is -2.32. The summed E-state index contributed by atoms with van der Waals surface area (Å²) >= 11 is 0. The standard InChI is InChI=1S/C17H25NO/c1-4-6-7-12-19-16-11-10-15-9-8-14(3)18(5-2)17(15)13-16/h10-11,13H,3-9,12H2,1-2H3. The van der Waals surface area contributed by atoms with Crippen LogP contribution >= 0.6 is 0 Å². The molecule has 0 saturated heterocycles. The van der Waals surface area contributed by atoms with Crippen molar-refractivity contribution < 1.29 is 4.74 Å². The van der Waals surface area contributed by atoms with Crippen LogP contribution in [0.3, 0.4) is 0 Å². The van der Waals surface area contributed by atoms with E-state index in [1.54, 1.807) is 0 Å². The highest BCUT2D eigenvalue weighted by atomic mass is 16.5. The van der Waals surface area contributed by atoms with Crippen LogP contribution in [0.2, 0.25) is 0 Å². The average Bonchev–Trinajstić information content (AvgIpc) is 2.43. The Balaban J connectivity index is 2.08. The SMILES string of the molecule is C=C1CCc2ccc(OCCCCC)cc2N1CC. The molecule has 104 valence electrons. The van der Waals surface area contributed by atoms with Crippen molar-refractivity contribution in [1.29, 1.82) is 0 Å². The molecule has 1 aromatic rings. The van der Waals surface area contributed by atoms with Crippen molar-refractivity contribution in [2.75, 3.05) is 18.1 Å². The second-order valence-corrected chi connectivity index (χ2v) is 5.16. The van der Waals surface area contributed by atoms with E-state index in [2.05, 4.69) is 43.5 Å². The lowest BCUT2D eigenvalue weighted by atomic mass is 9.99. The molecule has 1 aromatic carbocycles. The van der Waals surface area contributed by atoms with Crippen molar-refractivity contribution in [3.05, 3.63) is 36.0 Å². The highest BCUT2D eigenvalue weighted by Crippen LogP contribution is 2.34. The molecule has 0 spiro atoms. The van der Waals surface area contributed by atoms with E-state index in [0.29, 0.717) is 0 Å². The van der Waals surface area contributed by atoms with Crippen LogP contribution in [0.1, 0.15) is 45.1 Å². The molecule has 0 bridgehead atoms. The van der Waals surface area contributed by atoms with Crippen LogP contribution in [0.4, 0.5) is 5.69 Å². The van der Waals surface area contributed by atoms with Crippen molar-refractivity contribution >= 4 is 5.69 Å². The molecule has 2 heteroatoms. The molecule has 0 unspecified atom stereocenters. The van der Waals surface area contributed by atoms with Gasteiger partial charge in [-0.25, -0.2) is 0 Å². The lowest BCUT2D eigenvalue weighted by Crippen LogP contribution is -2.26. The van der Waals surface area contributed by atoms with E-state index in [4.69, 9.17) is 4.74 Å². The zero-order valence-corrected chi connectivity index (χ0v) is 12.2. The largest absolute Gasteiger partial charge is 0.494 e. The average molecular weight is 259 g/mol. The number of benzene rings is 1. The van der Waals surface area contributed by atoms with Gasteiger partial charge in [0.15, 0.2) is 0 Å². The highest BCUT2D eigenvalue weighted by Gasteiger charge is 2.19. The fourth-order valence-corrected chi connectivity index (χ4v) is 2.62. The Bertz CT molecular complexity index is 439. The zero-order valence-electron chi connectivity index (χ0n) is 12.2. The zero-order chi connectivity index (χ0) is 13.7. The number of hydrogen-bond acceptors (Lipinski definition) is 2. The molecule has 0 fully saturated rings. The third-order valence-electron chi connectivity index (χ3n) is 3.75. The molecule has 0 aromatic heterocycles. The molecule has 2 rings (SSSR count). The number of aryl methyl sites for hydroxylation is 1. The molecule has 0 amide bonds. The predicted molar refractivity (Wildman–Crippen MR) is 81.9 cm³/mol. The fraction of sp³-hybridized carbons (Fsp3) is 0.529. The van der Waals surface area contributed by atoms with Crippen LogP contribution < -0.4 is 9.64 Å². The number of hydrogen-bond donors (Lipinski definition) is 0. The number of fused-ring (bicyclic) bond motifs is 1. The summed E-state index contributed by atoms with van der Waals surface area (Å²) in [5.74, 6) is 0.989. The van der Waals surface area contributed by atoms with Gasteiger partial charge in [0.1, 0.15) is 5.75 Å². The van der Waals surface area contributed by atoms with Gasteiger partial charge in [0.25, 0.3) is 0 Å². The molecule has 2 nitrogen and oxygen atoms in total. The van der Waals surface area contributed by atoms with Gasteiger partial charge >= 0.3 is 0 Å². The van der Waals surface area contributed by atoms with Gasteiger partial charge in [0.2, 0.25) is 0 Å². The van der Waals surface area contributed by atoms with E-state index in [-0.39, 0.29) is 0 Å². The van der Waals surface area contributed by atoms with Gasteiger partial charge in [0.05, 0.1) is 6.61 Å². The third-order valence-corrected chi connectivity index (χ3v) is 3.75. The van der Waals surface area contributed by atoms with Crippen molar-refractivity contribution in [1.82, 2.24) is 0 Å². The van der Waals surface area contributed by atoms with E-state index in [1.807, 2.05) is 0 Å². The predicted octanol–water partition coefficient (Wildman–Crippen LogP) is 4.54. The topological polar surface area (TPSA) is 12.5 Å². The molecule has 0 saturated carbocycles. The second kappa shape index (κ2) is 6.65. The quantitative estimate of drug-likeness (QED) is 0.695. The maximum absolute atomic E-state index is 5.85. The maximum atomic E-state index is 5.85. The first kappa shape index (κ1) is 14.0. The molecule has 0 N–H and O–H groups in total. The second-order valence-electron chi connectivity index (χ2n) is 5.16. The number of rotatable bonds is 6. The normalized spacial score (nSPS) is 14.4. The summed E-state index contributed by atoms with van der Waals surface area (Å²) in [6.45, 7) is 10.4. The summed E-state index contributed by atoms with van der Waals surface area (Å²) in [7, 11) is 0. The molecule has 19 heavy (non-hydrogen) atoms. The Kier molecular flexibility index (Phi) is 4.89. The molecule has 0 radical (unpaired) electrons. The third kappa shape index (κ3) is 3.31. The van der Waals surface area contributed by atoms with E-state index in [9.17, 15) is 0 Å². The number of unbranched alkanes of at least 4 members (excludes halogenated alkanes) is 2. The van der Waals surface area contributed by atoms with Crippen LogP contribution in [0.25, 0.3) is 0 Å². The minimum Gasteiger partial charge on any atom is -0.494 e. The Labute approximate surface area is 117 Å². The van der Waals surface area contributed by atoms with Crippen molar-refractivity contribution in [3.63, 3.8) is 0 Å². The first-order chi connectivity index (χ1) is 9.26. The van der Waals surface area contributed by atoms with Crippen LogP contribution in [0, 0.1) is 0 Å². The van der Waals surface area contributed by atoms with E-state index in [1.165, 1.54) is 29.8 Å². The number of nitrogens with zero attached hydrogens (tertiary/aromatic N) is 1. The summed E-state index contributed by atoms with van der Waals surface area (Å²) < 4.78 is 5.85. The van der Waals surface area contributed by atoms with Gasteiger partial charge in [-0.3, -0.25) is 0 Å². The Hall–Kier alpha value is -1.44. The summed E-state index contributed by atoms with van der Waals surface area (Å²) in [4.78, 5) is 2.30. The minimum absolute atomic E-state index is 0.819. The molecular formula is C17H25NO. The van der Waals surface area contributed by atoms with E-state index < -0.39 is 0 Å². The minimum atomic E-state index is 0.819. The fourth-order valence-electron chi connectivity index (χ4n) is 2.62. The summed E-state index contributed by atoms with van der Waals surface area (Å²) in [6.07, 6.45) is 5.77. The van der Waals surface area contributed by atoms with Gasteiger partial charge in [-0.05, 0) is 37.8 Å². The van der Waals surface area contributed by atoms with Gasteiger partial charge < -0.3 is 9.64 Å². The number of anilines is 1. The molecule has 1 aliphatic heterocycles. The van der Waals surface area contributed by atoms with Crippen LogP contribution in [0.5, 0.6) is 5.75 Å². The number of ether oxygens (including phenoxy) is 1. The van der Waals surface area contributed by atoms with Gasteiger partial charge in [-0.15, -0.1) is 0 Å². The first-order valence-corrected chi connectivity index (χ1v) is 7.47. The Morgan fingerprint density at radius 2 is 2.05 bits per heavy atom.